The van der Waals surface area contributed by atoms with Gasteiger partial charge in [-0.1, -0.05) is 127 Å². The molecule has 0 spiro atoms. The van der Waals surface area contributed by atoms with Gasteiger partial charge in [-0.2, -0.15) is 0 Å². The summed E-state index contributed by atoms with van der Waals surface area (Å²) in [5.41, 5.74) is 14.4. The third-order valence-electron chi connectivity index (χ3n) is 9.79. The molecule has 0 aliphatic carbocycles. The van der Waals surface area contributed by atoms with Crippen molar-refractivity contribution in [3.05, 3.63) is 205 Å². The normalized spacial score (nSPS) is 11.2. The Morgan fingerprint density at radius 1 is 0.453 bits per heavy atom. The highest BCUT2D eigenvalue weighted by Gasteiger charge is 2.20. The third kappa shape index (κ3) is 6.39. The Kier molecular flexibility index (Phi) is 8.39. The van der Waals surface area contributed by atoms with E-state index in [1.54, 1.807) is 6.07 Å². The Morgan fingerprint density at radius 2 is 1.08 bits per heavy atom. The van der Waals surface area contributed by atoms with Crippen molar-refractivity contribution in [3.63, 3.8) is 0 Å². The van der Waals surface area contributed by atoms with E-state index in [4.69, 9.17) is 9.97 Å². The largest absolute Gasteiger partial charge is 0.507 e. The zero-order valence-corrected chi connectivity index (χ0v) is 29.0. The van der Waals surface area contributed by atoms with Gasteiger partial charge in [0.2, 0.25) is 0 Å². The molecule has 1 N–H and O–H groups in total. The summed E-state index contributed by atoms with van der Waals surface area (Å²) in [6.07, 6.45) is 2.78. The minimum Gasteiger partial charge on any atom is -0.507 e. The van der Waals surface area contributed by atoms with Gasteiger partial charge in [-0.05, 0) is 106 Å². The van der Waals surface area contributed by atoms with E-state index in [1.165, 1.54) is 11.1 Å². The highest BCUT2D eigenvalue weighted by Crippen LogP contribution is 2.40. The number of rotatable bonds is 8. The lowest BCUT2D eigenvalue weighted by Gasteiger charge is -2.13. The van der Waals surface area contributed by atoms with Gasteiger partial charge in [0, 0.05) is 23.0 Å². The summed E-state index contributed by atoms with van der Waals surface area (Å²) in [5.74, 6) is 0.866. The molecule has 9 aromatic rings. The first-order valence-electron chi connectivity index (χ1n) is 17.8. The molecule has 0 saturated carbocycles. The maximum atomic E-state index is 11.0. The van der Waals surface area contributed by atoms with E-state index in [9.17, 15) is 5.11 Å². The summed E-state index contributed by atoms with van der Waals surface area (Å²) in [6.45, 7) is 0. The van der Waals surface area contributed by atoms with E-state index in [2.05, 4.69) is 144 Å². The van der Waals surface area contributed by atoms with Crippen molar-refractivity contribution < 1.29 is 5.11 Å². The monoisotopic (exact) mass is 681 g/mol. The molecular weight excluding hydrogens is 647 g/mol. The third-order valence-corrected chi connectivity index (χ3v) is 9.79. The number of aromatic hydroxyl groups is 1. The van der Waals surface area contributed by atoms with Crippen molar-refractivity contribution >= 4 is 11.0 Å². The first kappa shape index (κ1) is 31.9. The molecular formula is C49H35N3O. The van der Waals surface area contributed by atoms with Crippen LogP contribution in [0.2, 0.25) is 0 Å². The summed E-state index contributed by atoms with van der Waals surface area (Å²) in [7, 11) is 0. The number of pyridine rings is 1. The summed E-state index contributed by atoms with van der Waals surface area (Å²) in [5, 5.41) is 11.0. The van der Waals surface area contributed by atoms with E-state index < -0.39 is 0 Å². The van der Waals surface area contributed by atoms with Gasteiger partial charge >= 0.3 is 0 Å². The van der Waals surface area contributed by atoms with Crippen molar-refractivity contribution in [1.82, 2.24) is 14.5 Å². The molecule has 4 nitrogen and oxygen atoms in total. The molecule has 0 aliphatic heterocycles. The van der Waals surface area contributed by atoms with Crippen LogP contribution in [-0.4, -0.2) is 19.6 Å². The highest BCUT2D eigenvalue weighted by molar-refractivity contribution is 5.97. The lowest BCUT2D eigenvalue weighted by molar-refractivity contribution is 0.477. The maximum Gasteiger partial charge on any atom is 0.149 e. The van der Waals surface area contributed by atoms with Gasteiger partial charge in [-0.15, -0.1) is 0 Å². The standard InChI is InChI=1S/C49H35N3O/c53-47-22-11-10-19-44(47)49-51-48-43(20-12-21-46(48)52(49)42-17-8-3-9-18-42)40-30-39(37-25-23-35(24-26-37)29-34-13-4-1-5-14-34)31-41(32-40)45-33-38(27-28-50-45)36-15-6-2-7-16-36/h1-28,30-33,53H,29H2. The second-order valence-electron chi connectivity index (χ2n) is 13.3. The van der Waals surface area contributed by atoms with Crippen LogP contribution in [0.1, 0.15) is 11.1 Å². The van der Waals surface area contributed by atoms with Crippen molar-refractivity contribution in [1.29, 1.82) is 0 Å². The van der Waals surface area contributed by atoms with E-state index in [1.807, 2.05) is 48.7 Å². The number of phenolic OH excluding ortho intramolecular Hbond substituents is 1. The number of nitrogens with zero attached hydrogens (tertiary/aromatic N) is 3. The highest BCUT2D eigenvalue weighted by atomic mass is 16.3. The van der Waals surface area contributed by atoms with Crippen LogP contribution in [0.25, 0.3) is 72.7 Å². The second-order valence-corrected chi connectivity index (χ2v) is 13.3. The van der Waals surface area contributed by atoms with Gasteiger partial charge in [-0.3, -0.25) is 9.55 Å². The van der Waals surface area contributed by atoms with Crippen molar-refractivity contribution in [2.75, 3.05) is 0 Å². The van der Waals surface area contributed by atoms with Crippen molar-refractivity contribution in [3.8, 4) is 67.5 Å². The fourth-order valence-corrected chi connectivity index (χ4v) is 7.16. The molecule has 0 unspecified atom stereocenters. The molecule has 0 fully saturated rings. The Morgan fingerprint density at radius 3 is 1.85 bits per heavy atom. The maximum absolute atomic E-state index is 11.0. The van der Waals surface area contributed by atoms with Crippen LogP contribution in [0.5, 0.6) is 5.75 Å². The van der Waals surface area contributed by atoms with Gasteiger partial charge in [0.15, 0.2) is 0 Å². The summed E-state index contributed by atoms with van der Waals surface area (Å²) in [6, 6.07) is 64.8. The van der Waals surface area contributed by atoms with Crippen LogP contribution in [0.3, 0.4) is 0 Å². The molecule has 0 saturated heterocycles. The molecule has 0 atom stereocenters. The summed E-state index contributed by atoms with van der Waals surface area (Å²) >= 11 is 0. The summed E-state index contributed by atoms with van der Waals surface area (Å²) in [4.78, 5) is 10.2. The van der Waals surface area contributed by atoms with Crippen LogP contribution >= 0.6 is 0 Å². The summed E-state index contributed by atoms with van der Waals surface area (Å²) < 4.78 is 2.13. The number of hydrogen-bond donors (Lipinski definition) is 1. The quantitative estimate of drug-likeness (QED) is 0.174. The molecule has 4 heteroatoms. The van der Waals surface area contributed by atoms with Gasteiger partial charge in [0.1, 0.15) is 11.6 Å². The zero-order chi connectivity index (χ0) is 35.6. The van der Waals surface area contributed by atoms with Crippen LogP contribution in [-0.2, 0) is 6.42 Å². The Labute approximate surface area is 309 Å². The number of hydrogen-bond acceptors (Lipinski definition) is 3. The van der Waals surface area contributed by atoms with E-state index in [0.717, 1.165) is 67.8 Å². The van der Waals surface area contributed by atoms with Crippen molar-refractivity contribution in [2.45, 2.75) is 6.42 Å². The molecule has 7 aromatic carbocycles. The van der Waals surface area contributed by atoms with Crippen LogP contribution in [0.4, 0.5) is 0 Å². The molecule has 2 aromatic heterocycles. The van der Waals surface area contributed by atoms with Crippen molar-refractivity contribution in [2.24, 2.45) is 0 Å². The van der Waals surface area contributed by atoms with Crippen LogP contribution in [0.15, 0.2) is 194 Å². The Bertz CT molecular complexity index is 2680. The van der Waals surface area contributed by atoms with E-state index in [0.29, 0.717) is 11.4 Å². The average Bonchev–Trinajstić information content (AvgIpc) is 3.62. The van der Waals surface area contributed by atoms with Gasteiger partial charge in [-0.25, -0.2) is 4.98 Å². The van der Waals surface area contributed by atoms with Gasteiger partial charge < -0.3 is 5.11 Å². The van der Waals surface area contributed by atoms with Gasteiger partial charge in [0.25, 0.3) is 0 Å². The number of phenols is 1. The first-order chi connectivity index (χ1) is 26.2. The minimum atomic E-state index is 0.186. The SMILES string of the molecule is Oc1ccccc1-c1nc2c(-c3cc(-c4ccc(Cc5ccccc5)cc4)cc(-c4cc(-c5ccccc5)ccn4)c3)cccc2n1-c1ccccc1. The predicted octanol–water partition coefficient (Wildman–Crippen LogP) is 12.1. The molecule has 0 radical (unpaired) electrons. The fraction of sp³-hybridized carbons (Fsp3) is 0.0204. The van der Waals surface area contributed by atoms with Crippen LogP contribution in [0, 0.1) is 0 Å². The van der Waals surface area contributed by atoms with E-state index in [-0.39, 0.29) is 5.75 Å². The molecule has 0 aliphatic rings. The lowest BCUT2D eigenvalue weighted by atomic mass is 9.93. The molecule has 2 heterocycles. The molecule has 0 amide bonds. The minimum absolute atomic E-state index is 0.186. The number of imidazole rings is 1. The average molecular weight is 682 g/mol. The molecule has 9 rings (SSSR count). The number of fused-ring (bicyclic) bond motifs is 1. The molecule has 252 valence electrons. The number of aromatic nitrogens is 3. The molecule has 53 heavy (non-hydrogen) atoms. The number of benzene rings is 7. The van der Waals surface area contributed by atoms with E-state index >= 15 is 0 Å². The van der Waals surface area contributed by atoms with Crippen LogP contribution < -0.4 is 0 Å². The Balaban J connectivity index is 1.23. The number of para-hydroxylation sites is 3. The smallest absolute Gasteiger partial charge is 0.149 e. The second kappa shape index (κ2) is 13.9. The Hall–Kier alpha value is -7.04. The van der Waals surface area contributed by atoms with Gasteiger partial charge in [0.05, 0.1) is 22.3 Å². The topological polar surface area (TPSA) is 50.9 Å². The lowest BCUT2D eigenvalue weighted by Crippen LogP contribution is -1.97. The molecule has 0 bridgehead atoms. The first-order valence-corrected chi connectivity index (χ1v) is 17.8. The predicted molar refractivity (Wildman–Crippen MR) is 217 cm³/mol. The fourth-order valence-electron chi connectivity index (χ4n) is 7.16. The zero-order valence-electron chi connectivity index (χ0n) is 29.0.